The van der Waals surface area contributed by atoms with E-state index in [0.717, 1.165) is 38.0 Å². The molecule has 0 spiro atoms. The Bertz CT molecular complexity index is 1620. The minimum atomic E-state index is -3.60. The van der Waals surface area contributed by atoms with Gasteiger partial charge in [0.2, 0.25) is 5.75 Å². The van der Waals surface area contributed by atoms with Crippen LogP contribution in [0.15, 0.2) is 41.3 Å². The second-order valence-corrected chi connectivity index (χ2v) is 12.4. The maximum atomic E-state index is 14.1. The zero-order valence-electron chi connectivity index (χ0n) is 23.8. The van der Waals surface area contributed by atoms with Gasteiger partial charge in [0.05, 0.1) is 26.1 Å². The molecule has 1 atom stereocenters. The third-order valence-corrected chi connectivity index (χ3v) is 9.53. The van der Waals surface area contributed by atoms with Crippen molar-refractivity contribution in [2.75, 3.05) is 59.4 Å². The van der Waals surface area contributed by atoms with Gasteiger partial charge in [-0.1, -0.05) is 0 Å². The maximum Gasteiger partial charge on any atom is 0.316 e. The Hall–Kier alpha value is -3.75. The zero-order chi connectivity index (χ0) is 30.2. The SMILES string of the molecule is COc1ccc(OC)c2c1CCC(Oc1c(N3CCN(S(=O)(=O)N(C)C)CC3)cnn(-c3cc(F)cc(F)c3)c1=O)C2. The number of methoxy groups -OCH3 is 2. The first kappa shape index (κ1) is 29.7. The smallest absolute Gasteiger partial charge is 0.316 e. The molecule has 14 heteroatoms. The highest BCUT2D eigenvalue weighted by Crippen LogP contribution is 2.38. The molecular weight excluding hydrogens is 572 g/mol. The number of nitrogens with zero attached hydrogens (tertiary/aromatic N) is 5. The number of ether oxygens (including phenoxy) is 3. The van der Waals surface area contributed by atoms with Gasteiger partial charge < -0.3 is 19.1 Å². The molecule has 2 aromatic carbocycles. The number of hydrogen-bond acceptors (Lipinski definition) is 8. The maximum absolute atomic E-state index is 14.1. The normalized spacial score (nSPS) is 17.7. The van der Waals surface area contributed by atoms with Gasteiger partial charge in [-0.25, -0.2) is 8.78 Å². The van der Waals surface area contributed by atoms with Gasteiger partial charge in [-0.05, 0) is 37.1 Å². The molecule has 1 aliphatic heterocycles. The van der Waals surface area contributed by atoms with Gasteiger partial charge in [0.1, 0.15) is 34.9 Å². The van der Waals surface area contributed by atoms with E-state index in [1.807, 2.05) is 17.0 Å². The first-order valence-electron chi connectivity index (χ1n) is 13.4. The molecular formula is C28H33F2N5O6S. The second kappa shape index (κ2) is 11.9. The van der Waals surface area contributed by atoms with Crippen LogP contribution >= 0.6 is 0 Å². The predicted molar refractivity (Wildman–Crippen MR) is 152 cm³/mol. The number of halogens is 2. The minimum Gasteiger partial charge on any atom is -0.496 e. The molecule has 5 rings (SSSR count). The molecule has 3 aromatic rings. The lowest BCUT2D eigenvalue weighted by Crippen LogP contribution is -2.52. The van der Waals surface area contributed by atoms with Gasteiger partial charge in [-0.3, -0.25) is 4.79 Å². The average Bonchev–Trinajstić information content (AvgIpc) is 2.97. The molecule has 42 heavy (non-hydrogen) atoms. The first-order valence-corrected chi connectivity index (χ1v) is 14.8. The summed E-state index contributed by atoms with van der Waals surface area (Å²) in [7, 11) is 2.53. The van der Waals surface area contributed by atoms with Crippen molar-refractivity contribution in [2.45, 2.75) is 25.4 Å². The molecule has 0 amide bonds. The monoisotopic (exact) mass is 605 g/mol. The summed E-state index contributed by atoms with van der Waals surface area (Å²) >= 11 is 0. The average molecular weight is 606 g/mol. The van der Waals surface area contributed by atoms with Crippen LogP contribution in [0.3, 0.4) is 0 Å². The molecule has 11 nitrogen and oxygen atoms in total. The molecule has 0 N–H and O–H groups in total. The molecule has 0 radical (unpaired) electrons. The van der Waals surface area contributed by atoms with E-state index in [4.69, 9.17) is 14.2 Å². The minimum absolute atomic E-state index is 0.0334. The highest BCUT2D eigenvalue weighted by Gasteiger charge is 2.32. The quantitative estimate of drug-likeness (QED) is 0.386. The molecule has 1 unspecified atom stereocenters. The Morgan fingerprint density at radius 2 is 1.57 bits per heavy atom. The van der Waals surface area contributed by atoms with E-state index >= 15 is 0 Å². The Morgan fingerprint density at radius 1 is 0.952 bits per heavy atom. The Balaban J connectivity index is 1.51. The van der Waals surface area contributed by atoms with Crippen LogP contribution in [0.4, 0.5) is 14.5 Å². The van der Waals surface area contributed by atoms with Gasteiger partial charge in [-0.2, -0.15) is 26.8 Å². The molecule has 2 aliphatic rings. The van der Waals surface area contributed by atoms with Crippen LogP contribution in [0.25, 0.3) is 5.69 Å². The molecule has 0 bridgehead atoms. The summed E-state index contributed by atoms with van der Waals surface area (Å²) < 4.78 is 74.3. The highest BCUT2D eigenvalue weighted by atomic mass is 32.2. The number of rotatable bonds is 8. The van der Waals surface area contributed by atoms with Crippen LogP contribution in [-0.4, -0.2) is 87.4 Å². The number of piperazine rings is 1. The van der Waals surface area contributed by atoms with Crippen molar-refractivity contribution in [3.05, 3.63) is 69.6 Å². The summed E-state index contributed by atoms with van der Waals surface area (Å²) in [6.45, 7) is 0.932. The lowest BCUT2D eigenvalue weighted by atomic mass is 9.88. The van der Waals surface area contributed by atoms with E-state index in [9.17, 15) is 22.0 Å². The summed E-state index contributed by atoms with van der Waals surface area (Å²) in [5.74, 6) is -0.314. The topological polar surface area (TPSA) is 106 Å². The van der Waals surface area contributed by atoms with Crippen molar-refractivity contribution >= 4 is 15.9 Å². The number of hydrogen-bond donors (Lipinski definition) is 0. The van der Waals surface area contributed by atoms with Crippen molar-refractivity contribution in [3.8, 4) is 22.9 Å². The number of fused-ring (bicyclic) bond motifs is 1. The molecule has 1 aliphatic carbocycles. The predicted octanol–water partition coefficient (Wildman–Crippen LogP) is 2.39. The summed E-state index contributed by atoms with van der Waals surface area (Å²) in [5.41, 5.74) is 1.52. The number of aromatic nitrogens is 2. The lowest BCUT2D eigenvalue weighted by Gasteiger charge is -2.37. The highest BCUT2D eigenvalue weighted by molar-refractivity contribution is 7.86. The Kier molecular flexibility index (Phi) is 8.39. The van der Waals surface area contributed by atoms with E-state index in [0.29, 0.717) is 36.8 Å². The summed E-state index contributed by atoms with van der Waals surface area (Å²) in [4.78, 5) is 15.7. The summed E-state index contributed by atoms with van der Waals surface area (Å²) in [6, 6.07) is 6.42. The summed E-state index contributed by atoms with van der Waals surface area (Å²) in [5, 5.41) is 4.21. The molecule has 1 aromatic heterocycles. The number of anilines is 1. The van der Waals surface area contributed by atoms with Crippen LogP contribution in [-0.2, 0) is 23.1 Å². The first-order chi connectivity index (χ1) is 20.0. The lowest BCUT2D eigenvalue weighted by molar-refractivity contribution is 0.178. The van der Waals surface area contributed by atoms with Gasteiger partial charge in [0.25, 0.3) is 10.2 Å². The van der Waals surface area contributed by atoms with Crippen molar-refractivity contribution in [3.63, 3.8) is 0 Å². The van der Waals surface area contributed by atoms with E-state index in [-0.39, 0.29) is 37.6 Å². The van der Waals surface area contributed by atoms with Crippen LogP contribution in [0.2, 0.25) is 0 Å². The van der Waals surface area contributed by atoms with E-state index in [1.54, 1.807) is 14.2 Å². The fourth-order valence-electron chi connectivity index (χ4n) is 5.43. The van der Waals surface area contributed by atoms with Gasteiger partial charge >= 0.3 is 5.56 Å². The van der Waals surface area contributed by atoms with Crippen LogP contribution in [0.5, 0.6) is 17.2 Å². The van der Waals surface area contributed by atoms with Gasteiger partial charge in [0, 0.05) is 63.9 Å². The molecule has 0 saturated carbocycles. The van der Waals surface area contributed by atoms with E-state index in [1.165, 1.54) is 24.6 Å². The Labute approximate surface area is 243 Å². The number of benzene rings is 2. The fourth-order valence-corrected chi connectivity index (χ4v) is 6.52. The fraction of sp³-hybridized carbons (Fsp3) is 0.429. The molecule has 2 heterocycles. The Morgan fingerprint density at radius 3 is 2.17 bits per heavy atom. The van der Waals surface area contributed by atoms with Gasteiger partial charge in [-0.15, -0.1) is 0 Å². The van der Waals surface area contributed by atoms with Gasteiger partial charge in [0.15, 0.2) is 0 Å². The standard InChI is InChI=1S/C28H33F2N5O6S/c1-32(2)42(37,38)34-11-9-33(10-12-34)24-17-31-35(20-14-18(29)13-19(30)15-20)28(36)27(24)41-21-5-6-22-23(16-21)26(40-4)8-7-25(22)39-3/h7-8,13-15,17,21H,5-6,9-12,16H2,1-4H3. The van der Waals surface area contributed by atoms with Crippen LogP contribution in [0.1, 0.15) is 17.5 Å². The van der Waals surface area contributed by atoms with Crippen molar-refractivity contribution in [2.24, 2.45) is 0 Å². The van der Waals surface area contributed by atoms with E-state index < -0.39 is 33.5 Å². The van der Waals surface area contributed by atoms with Crippen molar-refractivity contribution < 1.29 is 31.4 Å². The summed E-state index contributed by atoms with van der Waals surface area (Å²) in [6.07, 6.45) is 2.60. The van der Waals surface area contributed by atoms with Crippen molar-refractivity contribution in [1.29, 1.82) is 0 Å². The molecule has 1 saturated heterocycles. The molecule has 1 fully saturated rings. The molecule has 226 valence electrons. The third-order valence-electron chi connectivity index (χ3n) is 7.59. The second-order valence-electron chi connectivity index (χ2n) is 10.3. The van der Waals surface area contributed by atoms with E-state index in [2.05, 4.69) is 5.10 Å². The third kappa shape index (κ3) is 5.65. The van der Waals surface area contributed by atoms with Crippen LogP contribution in [0, 0.1) is 11.6 Å². The zero-order valence-corrected chi connectivity index (χ0v) is 24.7. The largest absolute Gasteiger partial charge is 0.496 e. The van der Waals surface area contributed by atoms with Crippen LogP contribution < -0.4 is 24.7 Å². The van der Waals surface area contributed by atoms with Crippen molar-refractivity contribution in [1.82, 2.24) is 18.4 Å².